The molecule has 3 fully saturated rings. The smallest absolute Gasteiger partial charge is 0.0110 e. The Hall–Kier alpha value is -0.510. The highest BCUT2D eigenvalue weighted by Crippen LogP contribution is 2.06. The van der Waals surface area contributed by atoms with E-state index in [0.717, 1.165) is 4.90 Å². The molecule has 15 heavy (non-hydrogen) atoms. The Labute approximate surface area is 97.3 Å². The van der Waals surface area contributed by atoms with E-state index >= 15 is 0 Å². The molecule has 3 heterocycles. The molecule has 0 N–H and O–H groups in total. The molecule has 0 spiro atoms. The first-order valence-corrected chi connectivity index (χ1v) is 5.98. The molecule has 3 heteroatoms. The summed E-state index contributed by atoms with van der Waals surface area (Å²) in [4.78, 5) is 6.10. The molecule has 2 nitrogen and oxygen atoms in total. The summed E-state index contributed by atoms with van der Waals surface area (Å²) in [5.74, 6) is 0. The van der Waals surface area contributed by atoms with Crippen molar-refractivity contribution < 1.29 is 0 Å². The van der Waals surface area contributed by atoms with Crippen molar-refractivity contribution in [3.63, 3.8) is 0 Å². The Morgan fingerprint density at radius 2 is 1.13 bits per heavy atom. The molecule has 1 aromatic rings. The van der Waals surface area contributed by atoms with Crippen LogP contribution in [0.4, 0.5) is 0 Å². The monoisotopic (exact) mass is 222 g/mol. The molecule has 0 amide bonds. The number of benzene rings is 1. The first-order valence-electron chi connectivity index (χ1n) is 5.53. The first-order chi connectivity index (χ1) is 7.34. The lowest BCUT2D eigenvalue weighted by atomic mass is 10.2. The summed E-state index contributed by atoms with van der Waals surface area (Å²) in [6.45, 7) is 7.92. The third-order valence-electron chi connectivity index (χ3n) is 2.95. The van der Waals surface area contributed by atoms with Crippen molar-refractivity contribution in [3.05, 3.63) is 30.3 Å². The van der Waals surface area contributed by atoms with Crippen LogP contribution in [0.2, 0.25) is 0 Å². The number of hydrogen-bond acceptors (Lipinski definition) is 3. The second kappa shape index (κ2) is 5.54. The van der Waals surface area contributed by atoms with Crippen molar-refractivity contribution in [2.45, 2.75) is 4.90 Å². The molecule has 3 saturated heterocycles. The van der Waals surface area contributed by atoms with Gasteiger partial charge in [0.25, 0.3) is 0 Å². The molecule has 82 valence electrons. The first kappa shape index (κ1) is 11.0. The number of hydrogen-bond donors (Lipinski definition) is 1. The molecule has 0 unspecified atom stereocenters. The summed E-state index contributed by atoms with van der Waals surface area (Å²) < 4.78 is 0. The number of rotatable bonds is 0. The van der Waals surface area contributed by atoms with Gasteiger partial charge >= 0.3 is 0 Å². The van der Waals surface area contributed by atoms with Crippen LogP contribution >= 0.6 is 12.6 Å². The minimum atomic E-state index is 1.02. The topological polar surface area (TPSA) is 6.48 Å². The van der Waals surface area contributed by atoms with Crippen molar-refractivity contribution in [3.8, 4) is 0 Å². The quantitative estimate of drug-likeness (QED) is 0.666. The Morgan fingerprint density at radius 1 is 0.733 bits per heavy atom. The minimum absolute atomic E-state index is 1.02. The van der Waals surface area contributed by atoms with E-state index in [0.29, 0.717) is 0 Å². The lowest BCUT2D eigenvalue weighted by Crippen LogP contribution is -2.55. The molecule has 4 rings (SSSR count). The highest BCUT2D eigenvalue weighted by molar-refractivity contribution is 7.80. The van der Waals surface area contributed by atoms with Crippen LogP contribution in [-0.2, 0) is 0 Å². The zero-order valence-electron chi connectivity index (χ0n) is 8.97. The molecule has 0 atom stereocenters. The molecule has 0 aliphatic carbocycles. The molecule has 0 radical (unpaired) electrons. The van der Waals surface area contributed by atoms with Crippen LogP contribution < -0.4 is 0 Å². The van der Waals surface area contributed by atoms with Crippen molar-refractivity contribution >= 4 is 12.6 Å². The highest BCUT2D eigenvalue weighted by Gasteiger charge is 2.21. The van der Waals surface area contributed by atoms with Gasteiger partial charge in [-0.2, -0.15) is 0 Å². The molecule has 3 aliphatic rings. The highest BCUT2D eigenvalue weighted by atomic mass is 32.1. The summed E-state index contributed by atoms with van der Waals surface area (Å²) >= 11 is 4.08. The van der Waals surface area contributed by atoms with Gasteiger partial charge < -0.3 is 0 Å². The normalized spacial score (nSPS) is 28.1. The molecular weight excluding hydrogens is 204 g/mol. The Balaban J connectivity index is 0.000000115. The van der Waals surface area contributed by atoms with Gasteiger partial charge in [-0.1, -0.05) is 18.2 Å². The standard InChI is InChI=1S/C6H12N2.C6H6S/c1-2-8-5-3-7(1)4-6-8;7-6-4-2-1-3-5-6/h1-6H2;1-5,7H. The maximum Gasteiger partial charge on any atom is 0.0110 e. The van der Waals surface area contributed by atoms with Crippen LogP contribution in [0.1, 0.15) is 0 Å². The second-order valence-electron chi connectivity index (χ2n) is 4.02. The zero-order chi connectivity index (χ0) is 10.5. The summed E-state index contributed by atoms with van der Waals surface area (Å²) in [5, 5.41) is 0. The van der Waals surface area contributed by atoms with E-state index in [9.17, 15) is 0 Å². The fourth-order valence-electron chi connectivity index (χ4n) is 1.95. The molecule has 0 aromatic heterocycles. The van der Waals surface area contributed by atoms with Crippen molar-refractivity contribution in [1.29, 1.82) is 0 Å². The lowest BCUT2D eigenvalue weighted by molar-refractivity contribution is 0.0647. The number of piperazine rings is 3. The maximum atomic E-state index is 4.08. The fourth-order valence-corrected chi connectivity index (χ4v) is 2.12. The maximum absolute atomic E-state index is 4.08. The van der Waals surface area contributed by atoms with E-state index in [1.165, 1.54) is 39.3 Å². The molecule has 3 aliphatic heterocycles. The number of thiol groups is 1. The number of nitrogens with zero attached hydrogens (tertiary/aromatic N) is 2. The van der Waals surface area contributed by atoms with Gasteiger partial charge in [0.1, 0.15) is 0 Å². The molecule has 0 saturated carbocycles. The van der Waals surface area contributed by atoms with Gasteiger partial charge in [-0.15, -0.1) is 12.6 Å². The van der Waals surface area contributed by atoms with Crippen LogP contribution in [0.5, 0.6) is 0 Å². The van der Waals surface area contributed by atoms with Crippen molar-refractivity contribution in [2.75, 3.05) is 39.3 Å². The third-order valence-corrected chi connectivity index (χ3v) is 3.25. The Bertz CT molecular complexity index is 258. The fraction of sp³-hybridized carbons (Fsp3) is 0.500. The van der Waals surface area contributed by atoms with Gasteiger partial charge in [-0.3, -0.25) is 9.80 Å². The van der Waals surface area contributed by atoms with Crippen molar-refractivity contribution in [1.82, 2.24) is 9.80 Å². The van der Waals surface area contributed by atoms with E-state index in [1.54, 1.807) is 0 Å². The van der Waals surface area contributed by atoms with E-state index < -0.39 is 0 Å². The van der Waals surface area contributed by atoms with Gasteiger partial charge in [0.15, 0.2) is 0 Å². The molecule has 1 aromatic carbocycles. The van der Waals surface area contributed by atoms with Crippen LogP contribution in [0.3, 0.4) is 0 Å². The predicted molar refractivity (Wildman–Crippen MR) is 66.6 cm³/mol. The molecular formula is C12H18N2S. The predicted octanol–water partition coefficient (Wildman–Crippen LogP) is 1.59. The van der Waals surface area contributed by atoms with Gasteiger partial charge in [0, 0.05) is 44.2 Å². The third kappa shape index (κ3) is 3.52. The minimum Gasteiger partial charge on any atom is -0.300 e. The van der Waals surface area contributed by atoms with E-state index in [4.69, 9.17) is 0 Å². The van der Waals surface area contributed by atoms with E-state index in [-0.39, 0.29) is 0 Å². The second-order valence-corrected chi connectivity index (χ2v) is 4.54. The SMILES string of the molecule is C1CN2CCN1CC2.Sc1ccccc1. The summed E-state index contributed by atoms with van der Waals surface area (Å²) in [6.07, 6.45) is 0. The van der Waals surface area contributed by atoms with E-state index in [2.05, 4.69) is 22.4 Å². The number of fused-ring (bicyclic) bond motifs is 3. The molecule has 2 bridgehead atoms. The summed E-state index contributed by atoms with van der Waals surface area (Å²) in [6, 6.07) is 9.79. The largest absolute Gasteiger partial charge is 0.300 e. The Morgan fingerprint density at radius 3 is 1.33 bits per heavy atom. The van der Waals surface area contributed by atoms with Gasteiger partial charge in [0.05, 0.1) is 0 Å². The average Bonchev–Trinajstić information content (AvgIpc) is 2.33. The van der Waals surface area contributed by atoms with Crippen LogP contribution in [-0.4, -0.2) is 49.1 Å². The summed E-state index contributed by atoms with van der Waals surface area (Å²) in [7, 11) is 0. The van der Waals surface area contributed by atoms with Gasteiger partial charge in [-0.25, -0.2) is 0 Å². The van der Waals surface area contributed by atoms with Gasteiger partial charge in [-0.05, 0) is 12.1 Å². The zero-order valence-corrected chi connectivity index (χ0v) is 9.87. The van der Waals surface area contributed by atoms with Crippen LogP contribution in [0.25, 0.3) is 0 Å². The lowest BCUT2D eigenvalue weighted by Gasteiger charge is -2.41. The van der Waals surface area contributed by atoms with Crippen LogP contribution in [0.15, 0.2) is 35.2 Å². The Kier molecular flexibility index (Phi) is 4.06. The van der Waals surface area contributed by atoms with E-state index in [1.807, 2.05) is 30.3 Å². The summed E-state index contributed by atoms with van der Waals surface area (Å²) in [5.41, 5.74) is 0. The average molecular weight is 222 g/mol. The van der Waals surface area contributed by atoms with Gasteiger partial charge in [0.2, 0.25) is 0 Å². The van der Waals surface area contributed by atoms with Crippen LogP contribution in [0, 0.1) is 0 Å². The van der Waals surface area contributed by atoms with Crippen molar-refractivity contribution in [2.24, 2.45) is 0 Å².